The molecule has 0 aliphatic rings. The Morgan fingerprint density at radius 2 is 1.68 bits per heavy atom. The van der Waals surface area contributed by atoms with Gasteiger partial charge in [0.15, 0.2) is 0 Å². The molecule has 0 saturated heterocycles. The summed E-state index contributed by atoms with van der Waals surface area (Å²) in [5, 5.41) is 2.70. The zero-order chi connectivity index (χ0) is 14.7. The second-order valence-corrected chi connectivity index (χ2v) is 6.29. The second kappa shape index (κ2) is 5.61. The first kappa shape index (κ1) is 15.5. The van der Waals surface area contributed by atoms with E-state index in [1.165, 1.54) is 0 Å². The lowest BCUT2D eigenvalue weighted by Gasteiger charge is -2.23. The Labute approximate surface area is 115 Å². The van der Waals surface area contributed by atoms with Gasteiger partial charge in [0.1, 0.15) is 5.60 Å². The first-order valence-electron chi connectivity index (χ1n) is 6.45. The predicted octanol–water partition coefficient (Wildman–Crippen LogP) is 3.27. The van der Waals surface area contributed by atoms with Crippen molar-refractivity contribution in [3.05, 3.63) is 29.8 Å². The zero-order valence-corrected chi connectivity index (χ0v) is 12.4. The van der Waals surface area contributed by atoms with Crippen molar-refractivity contribution in [3.8, 4) is 0 Å². The normalized spacial score (nSPS) is 12.1. The fourth-order valence-corrected chi connectivity index (χ4v) is 1.54. The molecule has 4 nitrogen and oxygen atoms in total. The fourth-order valence-electron chi connectivity index (χ4n) is 1.54. The summed E-state index contributed by atoms with van der Waals surface area (Å²) in [6.07, 6.45) is -0.446. The van der Waals surface area contributed by atoms with Crippen molar-refractivity contribution in [1.82, 2.24) is 0 Å². The number of nitrogens with one attached hydrogen (secondary N) is 1. The lowest BCUT2D eigenvalue weighted by atomic mass is 9.85. The van der Waals surface area contributed by atoms with E-state index >= 15 is 0 Å². The molecule has 4 heteroatoms. The number of benzene rings is 1. The van der Waals surface area contributed by atoms with Crippen LogP contribution in [0.3, 0.4) is 0 Å². The standard InChI is InChI=1S/C15H24N2O2/c1-14(2,3)19-13(18)17-12-8-6-11(7-9-12)15(4,5)10-16/h6-9H,10,16H2,1-5H3,(H,17,18). The first-order valence-corrected chi connectivity index (χ1v) is 6.45. The molecule has 0 aliphatic carbocycles. The third kappa shape index (κ3) is 4.91. The van der Waals surface area contributed by atoms with Crippen LogP contribution in [0.15, 0.2) is 24.3 Å². The molecule has 1 amide bonds. The van der Waals surface area contributed by atoms with Crippen LogP contribution >= 0.6 is 0 Å². The van der Waals surface area contributed by atoms with Gasteiger partial charge in [-0.15, -0.1) is 0 Å². The van der Waals surface area contributed by atoms with Crippen LogP contribution in [0.5, 0.6) is 0 Å². The van der Waals surface area contributed by atoms with Crippen molar-refractivity contribution in [2.75, 3.05) is 11.9 Å². The van der Waals surface area contributed by atoms with Crippen molar-refractivity contribution in [1.29, 1.82) is 0 Å². The molecule has 0 saturated carbocycles. The van der Waals surface area contributed by atoms with Crippen molar-refractivity contribution in [3.63, 3.8) is 0 Å². The molecule has 0 unspecified atom stereocenters. The number of rotatable bonds is 3. The molecule has 0 atom stereocenters. The molecule has 1 aromatic carbocycles. The van der Waals surface area contributed by atoms with Gasteiger partial charge in [-0.05, 0) is 38.5 Å². The molecular weight excluding hydrogens is 240 g/mol. The molecular formula is C15H24N2O2. The average molecular weight is 264 g/mol. The Balaban J connectivity index is 2.70. The van der Waals surface area contributed by atoms with Crippen molar-refractivity contribution in [2.45, 2.75) is 45.6 Å². The molecule has 0 bridgehead atoms. The maximum absolute atomic E-state index is 11.6. The third-order valence-corrected chi connectivity index (χ3v) is 2.82. The van der Waals surface area contributed by atoms with E-state index in [1.54, 1.807) is 0 Å². The minimum absolute atomic E-state index is 0.0650. The van der Waals surface area contributed by atoms with Gasteiger partial charge in [-0.2, -0.15) is 0 Å². The van der Waals surface area contributed by atoms with E-state index in [-0.39, 0.29) is 5.41 Å². The largest absolute Gasteiger partial charge is 0.444 e. The van der Waals surface area contributed by atoms with Crippen LogP contribution in [0.4, 0.5) is 10.5 Å². The Hall–Kier alpha value is -1.55. The van der Waals surface area contributed by atoms with E-state index in [2.05, 4.69) is 19.2 Å². The zero-order valence-electron chi connectivity index (χ0n) is 12.4. The van der Waals surface area contributed by atoms with Crippen LogP contribution < -0.4 is 11.1 Å². The van der Waals surface area contributed by atoms with Crippen LogP contribution in [0.25, 0.3) is 0 Å². The van der Waals surface area contributed by atoms with Crippen LogP contribution in [0.1, 0.15) is 40.2 Å². The number of carbonyl (C=O) groups is 1. The summed E-state index contributed by atoms with van der Waals surface area (Å²) >= 11 is 0. The average Bonchev–Trinajstić information content (AvgIpc) is 2.27. The lowest BCUT2D eigenvalue weighted by molar-refractivity contribution is 0.0636. The minimum atomic E-state index is -0.494. The van der Waals surface area contributed by atoms with Crippen molar-refractivity contribution >= 4 is 11.8 Å². The highest BCUT2D eigenvalue weighted by molar-refractivity contribution is 5.84. The Kier molecular flexibility index (Phi) is 4.58. The summed E-state index contributed by atoms with van der Waals surface area (Å²) in [6, 6.07) is 7.66. The maximum Gasteiger partial charge on any atom is 0.412 e. The molecule has 3 N–H and O–H groups in total. The van der Waals surface area contributed by atoms with Gasteiger partial charge in [0.2, 0.25) is 0 Å². The molecule has 0 aromatic heterocycles. The fraction of sp³-hybridized carbons (Fsp3) is 0.533. The summed E-state index contributed by atoms with van der Waals surface area (Å²) in [4.78, 5) is 11.6. The van der Waals surface area contributed by atoms with Crippen LogP contribution in [0, 0.1) is 0 Å². The monoisotopic (exact) mass is 264 g/mol. The highest BCUT2D eigenvalue weighted by Crippen LogP contribution is 2.23. The molecule has 106 valence electrons. The molecule has 0 fully saturated rings. The number of ether oxygens (including phenoxy) is 1. The van der Waals surface area contributed by atoms with Gasteiger partial charge in [-0.25, -0.2) is 4.79 Å². The van der Waals surface area contributed by atoms with E-state index in [4.69, 9.17) is 10.5 Å². The molecule has 0 radical (unpaired) electrons. The number of carbonyl (C=O) groups excluding carboxylic acids is 1. The van der Waals surface area contributed by atoms with Crippen molar-refractivity contribution < 1.29 is 9.53 Å². The molecule has 0 aliphatic heterocycles. The summed E-state index contributed by atoms with van der Waals surface area (Å²) in [5.41, 5.74) is 7.03. The Bertz CT molecular complexity index is 430. The number of hydrogen-bond acceptors (Lipinski definition) is 3. The topological polar surface area (TPSA) is 64.3 Å². The summed E-state index contributed by atoms with van der Waals surface area (Å²) < 4.78 is 5.19. The smallest absolute Gasteiger partial charge is 0.412 e. The molecule has 0 heterocycles. The van der Waals surface area contributed by atoms with Gasteiger partial charge in [0, 0.05) is 17.6 Å². The van der Waals surface area contributed by atoms with Crippen LogP contribution in [-0.2, 0) is 10.2 Å². The first-order chi connectivity index (χ1) is 8.64. The van der Waals surface area contributed by atoms with Gasteiger partial charge in [-0.1, -0.05) is 26.0 Å². The molecule has 1 aromatic rings. The lowest BCUT2D eigenvalue weighted by Crippen LogP contribution is -2.28. The van der Waals surface area contributed by atoms with Crippen LogP contribution in [0.2, 0.25) is 0 Å². The third-order valence-electron chi connectivity index (χ3n) is 2.82. The van der Waals surface area contributed by atoms with Gasteiger partial charge < -0.3 is 10.5 Å². The minimum Gasteiger partial charge on any atom is -0.444 e. The SMILES string of the molecule is CC(C)(C)OC(=O)Nc1ccc(C(C)(C)CN)cc1. The highest BCUT2D eigenvalue weighted by Gasteiger charge is 2.19. The van der Waals surface area contributed by atoms with E-state index in [0.29, 0.717) is 12.2 Å². The Morgan fingerprint density at radius 3 is 2.11 bits per heavy atom. The molecule has 19 heavy (non-hydrogen) atoms. The van der Waals surface area contributed by atoms with E-state index in [9.17, 15) is 4.79 Å². The number of nitrogens with two attached hydrogens (primary N) is 1. The van der Waals surface area contributed by atoms with Crippen LogP contribution in [-0.4, -0.2) is 18.2 Å². The van der Waals surface area contributed by atoms with E-state index < -0.39 is 11.7 Å². The Morgan fingerprint density at radius 1 is 1.16 bits per heavy atom. The number of amides is 1. The van der Waals surface area contributed by atoms with E-state index in [0.717, 1.165) is 5.56 Å². The van der Waals surface area contributed by atoms with E-state index in [1.807, 2.05) is 45.0 Å². The van der Waals surface area contributed by atoms with Gasteiger partial charge in [-0.3, -0.25) is 5.32 Å². The number of anilines is 1. The van der Waals surface area contributed by atoms with Gasteiger partial charge in [0.25, 0.3) is 0 Å². The predicted molar refractivity (Wildman–Crippen MR) is 78.4 cm³/mol. The van der Waals surface area contributed by atoms with Gasteiger partial charge >= 0.3 is 6.09 Å². The summed E-state index contributed by atoms with van der Waals surface area (Å²) in [6.45, 7) is 10.2. The van der Waals surface area contributed by atoms with Gasteiger partial charge in [0.05, 0.1) is 0 Å². The second-order valence-electron chi connectivity index (χ2n) is 6.29. The molecule has 0 spiro atoms. The summed E-state index contributed by atoms with van der Waals surface area (Å²) in [7, 11) is 0. The summed E-state index contributed by atoms with van der Waals surface area (Å²) in [5.74, 6) is 0. The molecule has 1 rings (SSSR count). The maximum atomic E-state index is 11.6. The van der Waals surface area contributed by atoms with Crippen molar-refractivity contribution in [2.24, 2.45) is 5.73 Å². The quantitative estimate of drug-likeness (QED) is 0.880. The highest BCUT2D eigenvalue weighted by atomic mass is 16.6. The number of hydrogen-bond donors (Lipinski definition) is 2.